The number of aryl methyl sites for hydroxylation is 4. The lowest BCUT2D eigenvalue weighted by molar-refractivity contribution is 0.636. The van der Waals surface area contributed by atoms with Crippen molar-refractivity contribution in [3.63, 3.8) is 0 Å². The van der Waals surface area contributed by atoms with Gasteiger partial charge in [-0.25, -0.2) is 0 Å². The molecule has 0 saturated heterocycles. The van der Waals surface area contributed by atoms with Crippen LogP contribution in [-0.4, -0.2) is 0 Å². The molecular weight excluding hydrogens is 689 g/mol. The van der Waals surface area contributed by atoms with Crippen LogP contribution in [0.2, 0.25) is 0 Å². The highest BCUT2D eigenvalue weighted by molar-refractivity contribution is 7.28. The highest BCUT2D eigenvalue weighted by Gasteiger charge is 2.24. The molecule has 11 aromatic rings. The molecule has 6 aromatic heterocycles. The standard InChI is InChI=1S/C26H18OS2.C18H12OS2/c1-15-13-19-22-21(17-9-5-3-6-10-17)23(18-11-7-4-8-12-18)27-24(22)20-14-16(2)29-26(20)25(19)28-15;1-9-7-12-15-11-5-3-4-6-14(11)19-16(15)13-8-10(2)21-18(13)17(12)20-9/h3-14H,1-2H3;3-8H,1-2H3. The second kappa shape index (κ2) is 11.4. The van der Waals surface area contributed by atoms with Crippen LogP contribution >= 0.6 is 45.3 Å². The lowest BCUT2D eigenvalue weighted by atomic mass is 9.96. The molecule has 5 aromatic carbocycles. The highest BCUT2D eigenvalue weighted by atomic mass is 32.1. The van der Waals surface area contributed by atoms with Crippen LogP contribution in [0.1, 0.15) is 19.5 Å². The highest BCUT2D eigenvalue weighted by Crippen LogP contribution is 2.51. The van der Waals surface area contributed by atoms with E-state index in [0.717, 1.165) is 28.1 Å². The number of thiophene rings is 4. The van der Waals surface area contributed by atoms with E-state index < -0.39 is 0 Å². The molecule has 0 N–H and O–H groups in total. The van der Waals surface area contributed by atoms with E-state index in [1.165, 1.54) is 87.1 Å². The van der Waals surface area contributed by atoms with Crippen LogP contribution in [0.15, 0.2) is 118 Å². The number of para-hydroxylation sites is 1. The van der Waals surface area contributed by atoms with Gasteiger partial charge in [-0.15, -0.1) is 45.3 Å². The van der Waals surface area contributed by atoms with Crippen LogP contribution in [-0.2, 0) is 0 Å². The van der Waals surface area contributed by atoms with Gasteiger partial charge in [-0.2, -0.15) is 0 Å². The zero-order valence-corrected chi connectivity index (χ0v) is 31.1. The molecule has 0 radical (unpaired) electrons. The predicted molar refractivity (Wildman–Crippen MR) is 221 cm³/mol. The molecular formula is C44H30O2S4. The molecule has 11 rings (SSSR count). The third-order valence-electron chi connectivity index (χ3n) is 9.46. The summed E-state index contributed by atoms with van der Waals surface area (Å²) >= 11 is 7.52. The molecule has 6 heterocycles. The molecule has 0 atom stereocenters. The Hall–Kier alpha value is -4.72. The minimum atomic E-state index is 0.952. The Morgan fingerprint density at radius 3 is 1.42 bits per heavy atom. The average Bonchev–Trinajstić information content (AvgIpc) is 3.96. The zero-order valence-electron chi connectivity index (χ0n) is 27.8. The molecule has 0 aliphatic rings. The molecule has 6 heteroatoms. The van der Waals surface area contributed by atoms with E-state index in [-0.39, 0.29) is 0 Å². The van der Waals surface area contributed by atoms with Crippen molar-refractivity contribution in [2.24, 2.45) is 0 Å². The molecule has 0 fully saturated rings. The minimum Gasteiger partial charge on any atom is -0.455 e. The third kappa shape index (κ3) is 4.56. The van der Waals surface area contributed by atoms with Gasteiger partial charge in [0.15, 0.2) is 0 Å². The lowest BCUT2D eigenvalue weighted by Gasteiger charge is -2.04. The van der Waals surface area contributed by atoms with Crippen molar-refractivity contribution < 1.29 is 8.83 Å². The van der Waals surface area contributed by atoms with E-state index in [4.69, 9.17) is 8.83 Å². The Labute approximate surface area is 304 Å². The van der Waals surface area contributed by atoms with Gasteiger partial charge in [0.25, 0.3) is 0 Å². The molecule has 2 nitrogen and oxygen atoms in total. The van der Waals surface area contributed by atoms with Crippen LogP contribution in [0.25, 0.3) is 95.7 Å². The molecule has 242 valence electrons. The summed E-state index contributed by atoms with van der Waals surface area (Å²) in [5.41, 5.74) is 6.53. The van der Waals surface area contributed by atoms with Crippen molar-refractivity contribution in [3.8, 4) is 22.5 Å². The SMILES string of the molecule is Cc1cc2c3oc(-c4ccccc4)c(-c4ccccc4)c3c3cc(C)sc3c2s1.Cc1cc2c3oc4ccccc4c3c3cc(C)sc3c2s1. The first-order chi connectivity index (χ1) is 24.4. The largest absolute Gasteiger partial charge is 0.455 e. The fraction of sp³-hybridized carbons (Fsp3) is 0.0909. The molecule has 0 aliphatic carbocycles. The molecule has 0 spiro atoms. The summed E-state index contributed by atoms with van der Waals surface area (Å²) in [5.74, 6) is 0.952. The Morgan fingerprint density at radius 1 is 0.400 bits per heavy atom. The Bertz CT molecular complexity index is 3070. The second-order valence-corrected chi connectivity index (χ2v) is 18.0. The fourth-order valence-electron chi connectivity index (χ4n) is 7.49. The smallest absolute Gasteiger partial charge is 0.144 e. The summed E-state index contributed by atoms with van der Waals surface area (Å²) in [5, 5.41) is 8.87. The van der Waals surface area contributed by atoms with Gasteiger partial charge in [0.1, 0.15) is 22.5 Å². The van der Waals surface area contributed by atoms with Crippen LogP contribution in [0.3, 0.4) is 0 Å². The monoisotopic (exact) mass is 718 g/mol. The number of rotatable bonds is 2. The topological polar surface area (TPSA) is 26.3 Å². The van der Waals surface area contributed by atoms with Gasteiger partial charge in [-0.1, -0.05) is 78.9 Å². The molecule has 0 unspecified atom stereocenters. The van der Waals surface area contributed by atoms with Gasteiger partial charge >= 0.3 is 0 Å². The van der Waals surface area contributed by atoms with Crippen LogP contribution in [0.4, 0.5) is 0 Å². The number of hydrogen-bond donors (Lipinski definition) is 0. The van der Waals surface area contributed by atoms with Crippen LogP contribution in [0.5, 0.6) is 0 Å². The van der Waals surface area contributed by atoms with E-state index in [0.29, 0.717) is 0 Å². The first-order valence-electron chi connectivity index (χ1n) is 16.7. The quantitative estimate of drug-likeness (QED) is 0.178. The van der Waals surface area contributed by atoms with Gasteiger partial charge in [-0.05, 0) is 63.6 Å². The maximum atomic E-state index is 6.69. The van der Waals surface area contributed by atoms with Crippen molar-refractivity contribution >= 4 is 119 Å². The fourth-order valence-corrected chi connectivity index (χ4v) is 11.9. The van der Waals surface area contributed by atoms with E-state index in [1.807, 2.05) is 51.4 Å². The summed E-state index contributed by atoms with van der Waals surface area (Å²) in [6.07, 6.45) is 0. The number of fused-ring (bicyclic) bond motifs is 14. The molecule has 0 amide bonds. The maximum Gasteiger partial charge on any atom is 0.144 e. The van der Waals surface area contributed by atoms with Gasteiger partial charge in [0.2, 0.25) is 0 Å². The predicted octanol–water partition coefficient (Wildman–Crippen LogP) is 15.4. The molecule has 0 aliphatic heterocycles. The minimum absolute atomic E-state index is 0.952. The average molecular weight is 719 g/mol. The molecule has 0 bridgehead atoms. The van der Waals surface area contributed by atoms with E-state index in [9.17, 15) is 0 Å². The normalized spacial score (nSPS) is 12.0. The van der Waals surface area contributed by atoms with Crippen molar-refractivity contribution in [1.29, 1.82) is 0 Å². The van der Waals surface area contributed by atoms with Gasteiger partial charge in [0.05, 0.1) is 18.8 Å². The summed E-state index contributed by atoms with van der Waals surface area (Å²) < 4.78 is 18.4. The van der Waals surface area contributed by atoms with E-state index in [1.54, 1.807) is 0 Å². The molecule has 0 saturated carbocycles. The third-order valence-corrected chi connectivity index (χ3v) is 14.0. The van der Waals surface area contributed by atoms with E-state index >= 15 is 0 Å². The zero-order chi connectivity index (χ0) is 33.7. The van der Waals surface area contributed by atoms with Crippen molar-refractivity contribution in [1.82, 2.24) is 0 Å². The molecule has 50 heavy (non-hydrogen) atoms. The Kier molecular flexibility index (Phi) is 6.87. The van der Waals surface area contributed by atoms with Crippen molar-refractivity contribution in [2.45, 2.75) is 27.7 Å². The van der Waals surface area contributed by atoms with Crippen LogP contribution < -0.4 is 0 Å². The lowest BCUT2D eigenvalue weighted by Crippen LogP contribution is -1.81. The summed E-state index contributed by atoms with van der Waals surface area (Å²) in [4.78, 5) is 5.35. The second-order valence-electron chi connectivity index (χ2n) is 12.9. The Morgan fingerprint density at radius 2 is 0.840 bits per heavy atom. The van der Waals surface area contributed by atoms with E-state index in [2.05, 4.69) is 131 Å². The Balaban J connectivity index is 0.000000133. The van der Waals surface area contributed by atoms with Crippen molar-refractivity contribution in [2.75, 3.05) is 0 Å². The van der Waals surface area contributed by atoms with Gasteiger partial charge in [-0.3, -0.25) is 0 Å². The number of furan rings is 2. The first-order valence-corrected chi connectivity index (χ1v) is 19.9. The summed E-state index contributed by atoms with van der Waals surface area (Å²) in [6.45, 7) is 8.74. The summed E-state index contributed by atoms with van der Waals surface area (Å²) in [6, 6.07) is 38.6. The summed E-state index contributed by atoms with van der Waals surface area (Å²) in [7, 11) is 0. The van der Waals surface area contributed by atoms with Gasteiger partial charge in [0, 0.05) is 68.3 Å². The van der Waals surface area contributed by atoms with Crippen molar-refractivity contribution in [3.05, 3.63) is 129 Å². The van der Waals surface area contributed by atoms with Gasteiger partial charge < -0.3 is 8.83 Å². The first kappa shape index (κ1) is 30.1. The number of hydrogen-bond acceptors (Lipinski definition) is 6. The van der Waals surface area contributed by atoms with Crippen LogP contribution in [0, 0.1) is 27.7 Å². The number of benzene rings is 5. The maximum absolute atomic E-state index is 6.69.